The SMILES string of the molecule is CN[C@@H](C)C(=O)C1CCCC1. The van der Waals surface area contributed by atoms with Crippen molar-refractivity contribution < 1.29 is 4.79 Å². The van der Waals surface area contributed by atoms with Gasteiger partial charge in [-0.1, -0.05) is 12.8 Å². The third-order valence-corrected chi connectivity index (χ3v) is 2.62. The quantitative estimate of drug-likeness (QED) is 0.666. The molecule has 0 spiro atoms. The second kappa shape index (κ2) is 3.86. The van der Waals surface area contributed by atoms with Gasteiger partial charge in [0.2, 0.25) is 0 Å². The molecule has 0 aromatic carbocycles. The van der Waals surface area contributed by atoms with Gasteiger partial charge in [0, 0.05) is 5.92 Å². The number of nitrogens with one attached hydrogen (secondary N) is 1. The van der Waals surface area contributed by atoms with E-state index in [0.717, 1.165) is 12.8 Å². The fraction of sp³-hybridized carbons (Fsp3) is 0.889. The molecule has 1 atom stereocenters. The summed E-state index contributed by atoms with van der Waals surface area (Å²) in [7, 11) is 1.84. The van der Waals surface area contributed by atoms with Crippen LogP contribution in [0, 0.1) is 5.92 Å². The van der Waals surface area contributed by atoms with Crippen molar-refractivity contribution in [3.8, 4) is 0 Å². The molecule has 0 aromatic heterocycles. The Morgan fingerprint density at radius 2 is 2.00 bits per heavy atom. The van der Waals surface area contributed by atoms with E-state index in [-0.39, 0.29) is 6.04 Å². The smallest absolute Gasteiger partial charge is 0.152 e. The van der Waals surface area contributed by atoms with Crippen molar-refractivity contribution in [2.45, 2.75) is 38.6 Å². The van der Waals surface area contributed by atoms with Crippen LogP contribution >= 0.6 is 0 Å². The number of rotatable bonds is 3. The van der Waals surface area contributed by atoms with E-state index >= 15 is 0 Å². The van der Waals surface area contributed by atoms with Gasteiger partial charge in [0.1, 0.15) is 0 Å². The molecule has 64 valence electrons. The third kappa shape index (κ3) is 2.03. The lowest BCUT2D eigenvalue weighted by Gasteiger charge is -2.13. The molecule has 0 bridgehead atoms. The van der Waals surface area contributed by atoms with E-state index in [1.54, 1.807) is 0 Å². The molecule has 2 heteroatoms. The van der Waals surface area contributed by atoms with Gasteiger partial charge in [0.25, 0.3) is 0 Å². The summed E-state index contributed by atoms with van der Waals surface area (Å²) in [5.74, 6) is 0.766. The number of hydrogen-bond donors (Lipinski definition) is 1. The van der Waals surface area contributed by atoms with Crippen LogP contribution in [0.3, 0.4) is 0 Å². The van der Waals surface area contributed by atoms with E-state index < -0.39 is 0 Å². The highest BCUT2D eigenvalue weighted by Crippen LogP contribution is 2.26. The Bertz CT molecular complexity index is 138. The lowest BCUT2D eigenvalue weighted by atomic mass is 9.98. The van der Waals surface area contributed by atoms with Crippen LogP contribution in [0.4, 0.5) is 0 Å². The lowest BCUT2D eigenvalue weighted by molar-refractivity contribution is -0.124. The zero-order valence-electron chi connectivity index (χ0n) is 7.39. The summed E-state index contributed by atoms with van der Waals surface area (Å²) in [6, 6.07) is 0.0538. The Labute approximate surface area is 68.4 Å². The Morgan fingerprint density at radius 1 is 1.45 bits per heavy atom. The first-order chi connectivity index (χ1) is 5.25. The molecule has 0 saturated heterocycles. The molecule has 1 aliphatic carbocycles. The van der Waals surface area contributed by atoms with Crippen LogP contribution in [-0.4, -0.2) is 18.9 Å². The first-order valence-corrected chi connectivity index (χ1v) is 4.46. The summed E-state index contributed by atoms with van der Waals surface area (Å²) in [6.07, 6.45) is 4.72. The molecular weight excluding hydrogens is 138 g/mol. The topological polar surface area (TPSA) is 29.1 Å². The average Bonchev–Trinajstić information content (AvgIpc) is 2.53. The van der Waals surface area contributed by atoms with Crippen LogP contribution in [0.1, 0.15) is 32.6 Å². The minimum Gasteiger partial charge on any atom is -0.311 e. The van der Waals surface area contributed by atoms with Gasteiger partial charge < -0.3 is 5.32 Å². The monoisotopic (exact) mass is 155 g/mol. The summed E-state index contributed by atoms with van der Waals surface area (Å²) in [5, 5.41) is 2.99. The van der Waals surface area contributed by atoms with Gasteiger partial charge in [-0.15, -0.1) is 0 Å². The van der Waals surface area contributed by atoms with Crippen LogP contribution in [0.25, 0.3) is 0 Å². The third-order valence-electron chi connectivity index (χ3n) is 2.62. The Hall–Kier alpha value is -0.370. The average molecular weight is 155 g/mol. The standard InChI is InChI=1S/C9H17NO/c1-7(10-2)9(11)8-5-3-4-6-8/h7-8,10H,3-6H2,1-2H3/t7-/m0/s1. The zero-order valence-corrected chi connectivity index (χ0v) is 7.39. The molecule has 0 radical (unpaired) electrons. The molecule has 11 heavy (non-hydrogen) atoms. The van der Waals surface area contributed by atoms with Gasteiger partial charge in [0.05, 0.1) is 6.04 Å². The fourth-order valence-corrected chi connectivity index (χ4v) is 1.71. The second-order valence-electron chi connectivity index (χ2n) is 3.39. The van der Waals surface area contributed by atoms with Gasteiger partial charge in [0.15, 0.2) is 5.78 Å². The predicted octanol–water partition coefficient (Wildman–Crippen LogP) is 1.35. The van der Waals surface area contributed by atoms with Gasteiger partial charge >= 0.3 is 0 Å². The van der Waals surface area contributed by atoms with E-state index in [4.69, 9.17) is 0 Å². The molecule has 1 aliphatic rings. The maximum atomic E-state index is 11.5. The highest BCUT2D eigenvalue weighted by Gasteiger charge is 2.25. The maximum absolute atomic E-state index is 11.5. The van der Waals surface area contributed by atoms with Crippen molar-refractivity contribution >= 4 is 5.78 Å². The summed E-state index contributed by atoms with van der Waals surface area (Å²) in [5.41, 5.74) is 0. The summed E-state index contributed by atoms with van der Waals surface area (Å²) >= 11 is 0. The Balaban J connectivity index is 2.39. The van der Waals surface area contributed by atoms with Crippen LogP contribution in [-0.2, 0) is 4.79 Å². The van der Waals surface area contributed by atoms with Gasteiger partial charge in [-0.05, 0) is 26.8 Å². The fourth-order valence-electron chi connectivity index (χ4n) is 1.71. The molecule has 0 aliphatic heterocycles. The minimum atomic E-state index is 0.0538. The summed E-state index contributed by atoms with van der Waals surface area (Å²) in [6.45, 7) is 1.95. The number of ketones is 1. The normalized spacial score (nSPS) is 22.0. The molecule has 1 fully saturated rings. The first-order valence-electron chi connectivity index (χ1n) is 4.46. The minimum absolute atomic E-state index is 0.0538. The van der Waals surface area contributed by atoms with Crippen LogP contribution in [0.15, 0.2) is 0 Å². The van der Waals surface area contributed by atoms with Gasteiger partial charge in [-0.3, -0.25) is 4.79 Å². The molecule has 0 amide bonds. The van der Waals surface area contributed by atoms with Crippen LogP contribution in [0.2, 0.25) is 0 Å². The molecule has 2 nitrogen and oxygen atoms in total. The van der Waals surface area contributed by atoms with Crippen molar-refractivity contribution in [1.82, 2.24) is 5.32 Å². The molecule has 0 aromatic rings. The number of carbonyl (C=O) groups is 1. The summed E-state index contributed by atoms with van der Waals surface area (Å²) < 4.78 is 0. The summed E-state index contributed by atoms with van der Waals surface area (Å²) in [4.78, 5) is 11.5. The van der Waals surface area contributed by atoms with Crippen molar-refractivity contribution in [3.05, 3.63) is 0 Å². The number of hydrogen-bond acceptors (Lipinski definition) is 2. The van der Waals surface area contributed by atoms with E-state index in [0.29, 0.717) is 11.7 Å². The second-order valence-corrected chi connectivity index (χ2v) is 3.39. The molecule has 1 rings (SSSR count). The van der Waals surface area contributed by atoms with E-state index in [9.17, 15) is 4.79 Å². The van der Waals surface area contributed by atoms with Crippen LogP contribution < -0.4 is 5.32 Å². The highest BCUT2D eigenvalue weighted by molar-refractivity contribution is 5.86. The molecule has 0 heterocycles. The first kappa shape index (κ1) is 8.72. The van der Waals surface area contributed by atoms with Crippen molar-refractivity contribution in [2.75, 3.05) is 7.05 Å². The Kier molecular flexibility index (Phi) is 3.06. The number of carbonyl (C=O) groups excluding carboxylic acids is 1. The predicted molar refractivity (Wildman–Crippen MR) is 45.5 cm³/mol. The molecule has 0 unspecified atom stereocenters. The largest absolute Gasteiger partial charge is 0.311 e. The van der Waals surface area contributed by atoms with E-state index in [1.807, 2.05) is 14.0 Å². The van der Waals surface area contributed by atoms with Crippen LogP contribution in [0.5, 0.6) is 0 Å². The maximum Gasteiger partial charge on any atom is 0.152 e. The van der Waals surface area contributed by atoms with Crippen molar-refractivity contribution in [1.29, 1.82) is 0 Å². The number of likely N-dealkylation sites (N-methyl/N-ethyl adjacent to an activating group) is 1. The lowest BCUT2D eigenvalue weighted by Crippen LogP contribution is -2.34. The molecule has 1 saturated carbocycles. The molecule has 1 N–H and O–H groups in total. The van der Waals surface area contributed by atoms with E-state index in [2.05, 4.69) is 5.32 Å². The Morgan fingerprint density at radius 3 is 2.45 bits per heavy atom. The zero-order chi connectivity index (χ0) is 8.27. The van der Waals surface area contributed by atoms with Crippen molar-refractivity contribution in [2.24, 2.45) is 5.92 Å². The molecular formula is C9H17NO. The highest BCUT2D eigenvalue weighted by atomic mass is 16.1. The van der Waals surface area contributed by atoms with Crippen molar-refractivity contribution in [3.63, 3.8) is 0 Å². The van der Waals surface area contributed by atoms with Gasteiger partial charge in [-0.25, -0.2) is 0 Å². The number of Topliss-reactive ketones (excluding diaryl/α,β-unsaturated/α-hetero) is 1. The van der Waals surface area contributed by atoms with E-state index in [1.165, 1.54) is 12.8 Å². The van der Waals surface area contributed by atoms with Gasteiger partial charge in [-0.2, -0.15) is 0 Å².